The van der Waals surface area contributed by atoms with Crippen molar-refractivity contribution in [3.05, 3.63) is 29.0 Å². The van der Waals surface area contributed by atoms with Crippen molar-refractivity contribution in [2.75, 3.05) is 0 Å². The summed E-state index contributed by atoms with van der Waals surface area (Å²) in [7, 11) is 0. The Morgan fingerprint density at radius 1 is 1.33 bits per heavy atom. The molecule has 2 aromatic heterocycles. The van der Waals surface area contributed by atoms with E-state index in [0.717, 1.165) is 10.6 Å². The summed E-state index contributed by atoms with van der Waals surface area (Å²) >= 11 is 1.44. The Morgan fingerprint density at radius 3 is 2.53 bits per heavy atom. The van der Waals surface area contributed by atoms with Crippen molar-refractivity contribution >= 4 is 11.3 Å². The number of hydrogen-bond donors (Lipinski definition) is 1. The van der Waals surface area contributed by atoms with E-state index in [0.29, 0.717) is 11.5 Å². The predicted octanol–water partition coefficient (Wildman–Crippen LogP) is 1.96. The van der Waals surface area contributed by atoms with Crippen molar-refractivity contribution < 1.29 is 5.11 Å². The van der Waals surface area contributed by atoms with E-state index in [1.165, 1.54) is 11.3 Å². The van der Waals surface area contributed by atoms with Crippen LogP contribution in [0, 0.1) is 6.92 Å². The van der Waals surface area contributed by atoms with Crippen LogP contribution < -0.4 is 0 Å². The molecule has 0 aromatic carbocycles. The van der Waals surface area contributed by atoms with Gasteiger partial charge in [0, 0.05) is 17.8 Å². The van der Waals surface area contributed by atoms with E-state index < -0.39 is 6.10 Å². The molecule has 0 spiro atoms. The SMILES string of the molecule is Cc1cnc(-c2nc(C(C)O)cs2)nc1. The standard InChI is InChI=1S/C10H11N3OS/c1-6-3-11-9(12-4-6)10-13-8(5-15-10)7(2)14/h3-5,7,14H,1-2H3. The van der Waals surface area contributed by atoms with Gasteiger partial charge in [0.2, 0.25) is 0 Å². The lowest BCUT2D eigenvalue weighted by atomic mass is 10.3. The van der Waals surface area contributed by atoms with Gasteiger partial charge in [0.15, 0.2) is 10.8 Å². The third-order valence-corrected chi connectivity index (χ3v) is 2.78. The Balaban J connectivity index is 2.33. The zero-order chi connectivity index (χ0) is 10.8. The highest BCUT2D eigenvalue weighted by Gasteiger charge is 2.09. The van der Waals surface area contributed by atoms with Crippen LogP contribution in [0.4, 0.5) is 0 Å². The molecule has 1 N–H and O–H groups in total. The van der Waals surface area contributed by atoms with Crippen LogP contribution in [-0.4, -0.2) is 20.1 Å². The van der Waals surface area contributed by atoms with Crippen molar-refractivity contribution in [3.8, 4) is 10.8 Å². The lowest BCUT2D eigenvalue weighted by molar-refractivity contribution is 0.195. The Kier molecular flexibility index (Phi) is 2.75. The molecule has 1 atom stereocenters. The molecule has 1 unspecified atom stereocenters. The minimum Gasteiger partial charge on any atom is -0.387 e. The molecule has 4 nitrogen and oxygen atoms in total. The van der Waals surface area contributed by atoms with E-state index in [1.807, 2.05) is 12.3 Å². The Hall–Kier alpha value is -1.33. The molecule has 5 heteroatoms. The van der Waals surface area contributed by atoms with E-state index >= 15 is 0 Å². The second kappa shape index (κ2) is 4.04. The van der Waals surface area contributed by atoms with Crippen LogP contribution in [0.1, 0.15) is 24.3 Å². The summed E-state index contributed by atoms with van der Waals surface area (Å²) in [5.74, 6) is 0.609. The normalized spacial score (nSPS) is 12.7. The second-order valence-corrected chi connectivity index (χ2v) is 4.20. The smallest absolute Gasteiger partial charge is 0.188 e. The van der Waals surface area contributed by atoms with Crippen LogP contribution in [0.15, 0.2) is 17.8 Å². The van der Waals surface area contributed by atoms with Crippen molar-refractivity contribution in [1.82, 2.24) is 15.0 Å². The number of aliphatic hydroxyl groups excluding tert-OH is 1. The number of thiazole rings is 1. The van der Waals surface area contributed by atoms with Gasteiger partial charge in [0.05, 0.1) is 11.8 Å². The van der Waals surface area contributed by atoms with Crippen molar-refractivity contribution in [2.24, 2.45) is 0 Å². The van der Waals surface area contributed by atoms with Crippen molar-refractivity contribution in [1.29, 1.82) is 0 Å². The molecule has 2 aromatic rings. The Morgan fingerprint density at radius 2 is 2.00 bits per heavy atom. The van der Waals surface area contributed by atoms with Gasteiger partial charge in [-0.05, 0) is 19.4 Å². The molecule has 78 valence electrons. The van der Waals surface area contributed by atoms with Crippen LogP contribution in [0.2, 0.25) is 0 Å². The molecule has 0 saturated carbocycles. The number of rotatable bonds is 2. The first-order chi connectivity index (χ1) is 7.16. The van der Waals surface area contributed by atoms with E-state index in [4.69, 9.17) is 0 Å². The molecule has 0 fully saturated rings. The highest BCUT2D eigenvalue weighted by molar-refractivity contribution is 7.13. The highest BCUT2D eigenvalue weighted by Crippen LogP contribution is 2.22. The van der Waals surface area contributed by atoms with Crippen molar-refractivity contribution in [2.45, 2.75) is 20.0 Å². The fourth-order valence-corrected chi connectivity index (χ4v) is 1.93. The van der Waals surface area contributed by atoms with Crippen LogP contribution in [0.25, 0.3) is 10.8 Å². The molecule has 0 saturated heterocycles. The topological polar surface area (TPSA) is 58.9 Å². The summed E-state index contributed by atoms with van der Waals surface area (Å²) in [6.45, 7) is 3.63. The van der Waals surface area contributed by atoms with Crippen LogP contribution in [0.3, 0.4) is 0 Å². The lowest BCUT2D eigenvalue weighted by Crippen LogP contribution is -1.92. The molecule has 0 bridgehead atoms. The van der Waals surface area contributed by atoms with E-state index in [1.54, 1.807) is 19.3 Å². The molecule has 0 aliphatic rings. The number of aromatic nitrogens is 3. The molecule has 15 heavy (non-hydrogen) atoms. The maximum Gasteiger partial charge on any atom is 0.188 e. The van der Waals surface area contributed by atoms with Gasteiger partial charge in [-0.15, -0.1) is 11.3 Å². The molecular weight excluding hydrogens is 210 g/mol. The molecule has 0 amide bonds. The van der Waals surface area contributed by atoms with Gasteiger partial charge in [-0.3, -0.25) is 0 Å². The summed E-state index contributed by atoms with van der Waals surface area (Å²) in [5, 5.41) is 11.9. The lowest BCUT2D eigenvalue weighted by Gasteiger charge is -1.97. The number of aryl methyl sites for hydroxylation is 1. The molecule has 0 aliphatic heterocycles. The monoisotopic (exact) mass is 221 g/mol. The molecule has 2 heterocycles. The molecule has 0 radical (unpaired) electrons. The maximum absolute atomic E-state index is 9.33. The third-order valence-electron chi connectivity index (χ3n) is 1.92. The average Bonchev–Trinajstić information content (AvgIpc) is 2.68. The summed E-state index contributed by atoms with van der Waals surface area (Å²) in [6, 6.07) is 0. The van der Waals surface area contributed by atoms with Crippen LogP contribution in [0.5, 0.6) is 0 Å². The largest absolute Gasteiger partial charge is 0.387 e. The zero-order valence-corrected chi connectivity index (χ0v) is 9.32. The van der Waals surface area contributed by atoms with Gasteiger partial charge in [-0.1, -0.05) is 0 Å². The van der Waals surface area contributed by atoms with Gasteiger partial charge >= 0.3 is 0 Å². The summed E-state index contributed by atoms with van der Waals surface area (Å²) in [4.78, 5) is 12.6. The van der Waals surface area contributed by atoms with Gasteiger partial charge in [0.1, 0.15) is 0 Å². The van der Waals surface area contributed by atoms with E-state index in [9.17, 15) is 5.11 Å². The third kappa shape index (κ3) is 2.19. The van der Waals surface area contributed by atoms with E-state index in [2.05, 4.69) is 15.0 Å². The average molecular weight is 221 g/mol. The maximum atomic E-state index is 9.33. The van der Waals surface area contributed by atoms with E-state index in [-0.39, 0.29) is 0 Å². The quantitative estimate of drug-likeness (QED) is 0.842. The number of hydrogen-bond acceptors (Lipinski definition) is 5. The van der Waals surface area contributed by atoms with Gasteiger partial charge in [-0.2, -0.15) is 0 Å². The minimum absolute atomic E-state index is 0.541. The van der Waals surface area contributed by atoms with Gasteiger partial charge in [-0.25, -0.2) is 15.0 Å². The molecule has 2 rings (SSSR count). The Labute approximate surface area is 91.7 Å². The molecule has 0 aliphatic carbocycles. The van der Waals surface area contributed by atoms with Gasteiger partial charge < -0.3 is 5.11 Å². The summed E-state index contributed by atoms with van der Waals surface area (Å²) in [6.07, 6.45) is 2.97. The first kappa shape index (κ1) is 10.2. The first-order valence-electron chi connectivity index (χ1n) is 4.59. The highest BCUT2D eigenvalue weighted by atomic mass is 32.1. The zero-order valence-electron chi connectivity index (χ0n) is 8.51. The number of aliphatic hydroxyl groups is 1. The van der Waals surface area contributed by atoms with Crippen LogP contribution >= 0.6 is 11.3 Å². The number of nitrogens with zero attached hydrogens (tertiary/aromatic N) is 3. The minimum atomic E-state index is -0.541. The Bertz CT molecular complexity index is 450. The second-order valence-electron chi connectivity index (χ2n) is 3.34. The predicted molar refractivity (Wildman–Crippen MR) is 58.5 cm³/mol. The molecular formula is C10H11N3OS. The summed E-state index contributed by atoms with van der Waals surface area (Å²) < 4.78 is 0. The fourth-order valence-electron chi connectivity index (χ4n) is 1.08. The first-order valence-corrected chi connectivity index (χ1v) is 5.47. The summed E-state index contributed by atoms with van der Waals surface area (Å²) in [5.41, 5.74) is 1.69. The van der Waals surface area contributed by atoms with Crippen LogP contribution in [-0.2, 0) is 0 Å². The van der Waals surface area contributed by atoms with Crippen molar-refractivity contribution in [3.63, 3.8) is 0 Å². The fraction of sp³-hybridized carbons (Fsp3) is 0.300. The van der Waals surface area contributed by atoms with Gasteiger partial charge in [0.25, 0.3) is 0 Å².